The molecule has 0 aliphatic heterocycles. The summed E-state index contributed by atoms with van der Waals surface area (Å²) in [6, 6.07) is 12.0. The molecule has 0 saturated carbocycles. The Balaban J connectivity index is 1.91. The Kier molecular flexibility index (Phi) is 7.75. The summed E-state index contributed by atoms with van der Waals surface area (Å²) in [6.07, 6.45) is 1.94. The molecule has 0 fully saturated rings. The highest BCUT2D eigenvalue weighted by Crippen LogP contribution is 2.29. The zero-order valence-electron chi connectivity index (χ0n) is 14.4. The number of amides is 2. The van der Waals surface area contributed by atoms with Gasteiger partial charge in [-0.25, -0.2) is 0 Å². The molecule has 0 aliphatic rings. The summed E-state index contributed by atoms with van der Waals surface area (Å²) in [4.78, 5) is 24.2. The molecule has 0 atom stereocenters. The fourth-order valence-corrected chi connectivity index (χ4v) is 2.61. The molecule has 2 amide bonds. The lowest BCUT2D eigenvalue weighted by atomic mass is 10.2. The van der Waals surface area contributed by atoms with Crippen molar-refractivity contribution in [2.45, 2.75) is 19.8 Å². The highest BCUT2D eigenvalue weighted by Gasteiger charge is 2.09. The molecule has 7 heteroatoms. The molecule has 2 rings (SSSR count). The van der Waals surface area contributed by atoms with Crippen LogP contribution < -0.4 is 16.0 Å². The Labute approximate surface area is 163 Å². The molecule has 0 radical (unpaired) electrons. The third kappa shape index (κ3) is 5.93. The van der Waals surface area contributed by atoms with Gasteiger partial charge in [-0.1, -0.05) is 48.7 Å². The van der Waals surface area contributed by atoms with Crippen molar-refractivity contribution < 1.29 is 9.59 Å². The van der Waals surface area contributed by atoms with Gasteiger partial charge in [0.2, 0.25) is 5.91 Å². The standard InChI is InChI=1S/C19H21Cl2N3O2/c1-2-3-10-22-19(26)13-6-4-7-14(11-13)24-17(25)12-23-16-9-5-8-15(20)18(16)21/h4-9,11,23H,2-3,10,12H2,1H3,(H,22,26)(H,24,25). The quantitative estimate of drug-likeness (QED) is 0.575. The average molecular weight is 394 g/mol. The minimum Gasteiger partial charge on any atom is -0.375 e. The van der Waals surface area contributed by atoms with E-state index in [2.05, 4.69) is 22.9 Å². The summed E-state index contributed by atoms with van der Waals surface area (Å²) >= 11 is 12.0. The van der Waals surface area contributed by atoms with Gasteiger partial charge in [0.05, 0.1) is 22.3 Å². The van der Waals surface area contributed by atoms with Crippen LogP contribution in [0.4, 0.5) is 11.4 Å². The lowest BCUT2D eigenvalue weighted by molar-refractivity contribution is -0.114. The Morgan fingerprint density at radius 3 is 2.62 bits per heavy atom. The van der Waals surface area contributed by atoms with E-state index in [0.717, 1.165) is 12.8 Å². The highest BCUT2D eigenvalue weighted by molar-refractivity contribution is 6.43. The molecule has 138 valence electrons. The number of rotatable bonds is 8. The first-order valence-electron chi connectivity index (χ1n) is 8.37. The number of unbranched alkanes of at least 4 members (excludes halogenated alkanes) is 1. The fourth-order valence-electron chi connectivity index (χ4n) is 2.24. The first-order valence-corrected chi connectivity index (χ1v) is 9.13. The molecule has 0 aliphatic carbocycles. The summed E-state index contributed by atoms with van der Waals surface area (Å²) < 4.78 is 0. The lowest BCUT2D eigenvalue weighted by Crippen LogP contribution is -2.25. The number of carbonyl (C=O) groups is 2. The predicted molar refractivity (Wildman–Crippen MR) is 107 cm³/mol. The van der Waals surface area contributed by atoms with E-state index in [-0.39, 0.29) is 18.4 Å². The molecule has 0 aromatic heterocycles. The van der Waals surface area contributed by atoms with Gasteiger partial charge in [-0.15, -0.1) is 0 Å². The fraction of sp³-hybridized carbons (Fsp3) is 0.263. The zero-order chi connectivity index (χ0) is 18.9. The maximum atomic E-state index is 12.1. The van der Waals surface area contributed by atoms with Crippen LogP contribution in [0.25, 0.3) is 0 Å². The van der Waals surface area contributed by atoms with Crippen molar-refractivity contribution in [3.8, 4) is 0 Å². The SMILES string of the molecule is CCCCNC(=O)c1cccc(NC(=O)CNc2cccc(Cl)c2Cl)c1. The van der Waals surface area contributed by atoms with E-state index in [9.17, 15) is 9.59 Å². The van der Waals surface area contributed by atoms with Crippen LogP contribution in [0.15, 0.2) is 42.5 Å². The molecule has 0 saturated heterocycles. The summed E-state index contributed by atoms with van der Waals surface area (Å²) in [7, 11) is 0. The number of halogens is 2. The Bertz CT molecular complexity index is 781. The monoisotopic (exact) mass is 393 g/mol. The topological polar surface area (TPSA) is 70.2 Å². The van der Waals surface area contributed by atoms with E-state index in [1.165, 1.54) is 0 Å². The number of hydrogen-bond acceptors (Lipinski definition) is 3. The normalized spacial score (nSPS) is 10.3. The van der Waals surface area contributed by atoms with E-state index in [1.807, 2.05) is 0 Å². The molecular formula is C19H21Cl2N3O2. The van der Waals surface area contributed by atoms with Crippen LogP contribution in [0.1, 0.15) is 30.1 Å². The molecule has 3 N–H and O–H groups in total. The maximum absolute atomic E-state index is 12.1. The van der Waals surface area contributed by atoms with Crippen molar-refractivity contribution in [1.29, 1.82) is 0 Å². The number of benzene rings is 2. The average Bonchev–Trinajstić information content (AvgIpc) is 2.63. The van der Waals surface area contributed by atoms with Crippen LogP contribution in [0.5, 0.6) is 0 Å². The molecule has 0 bridgehead atoms. The third-order valence-corrected chi connectivity index (χ3v) is 4.43. The van der Waals surface area contributed by atoms with Crippen molar-refractivity contribution in [2.24, 2.45) is 0 Å². The van der Waals surface area contributed by atoms with Gasteiger partial charge in [0.15, 0.2) is 0 Å². The van der Waals surface area contributed by atoms with Gasteiger partial charge in [0.25, 0.3) is 5.91 Å². The maximum Gasteiger partial charge on any atom is 0.251 e. The summed E-state index contributed by atoms with van der Waals surface area (Å²) in [5.41, 5.74) is 1.64. The molecule has 0 spiro atoms. The van der Waals surface area contributed by atoms with Crippen molar-refractivity contribution in [3.63, 3.8) is 0 Å². The first kappa shape index (κ1) is 20.1. The van der Waals surface area contributed by atoms with Gasteiger partial charge in [-0.05, 0) is 36.8 Å². The Morgan fingerprint density at radius 2 is 1.85 bits per heavy atom. The molecule has 26 heavy (non-hydrogen) atoms. The van der Waals surface area contributed by atoms with Crippen molar-refractivity contribution in [1.82, 2.24) is 5.32 Å². The van der Waals surface area contributed by atoms with Gasteiger partial charge in [0, 0.05) is 17.8 Å². The van der Waals surface area contributed by atoms with Crippen LogP contribution in [-0.4, -0.2) is 24.9 Å². The minimum absolute atomic E-state index is 0.0208. The van der Waals surface area contributed by atoms with Crippen LogP contribution >= 0.6 is 23.2 Å². The predicted octanol–water partition coefficient (Wildman–Crippen LogP) is 4.57. The summed E-state index contributed by atoms with van der Waals surface area (Å²) in [6.45, 7) is 2.72. The second-order valence-corrected chi connectivity index (χ2v) is 6.48. The van der Waals surface area contributed by atoms with Crippen LogP contribution in [0.2, 0.25) is 10.0 Å². The molecule has 0 heterocycles. The number of anilines is 2. The van der Waals surface area contributed by atoms with Gasteiger partial charge in [0.1, 0.15) is 0 Å². The lowest BCUT2D eigenvalue weighted by Gasteiger charge is -2.11. The van der Waals surface area contributed by atoms with E-state index < -0.39 is 0 Å². The van der Waals surface area contributed by atoms with Gasteiger partial charge in [-0.2, -0.15) is 0 Å². The van der Waals surface area contributed by atoms with Crippen LogP contribution in [-0.2, 0) is 4.79 Å². The third-order valence-electron chi connectivity index (χ3n) is 3.62. The van der Waals surface area contributed by atoms with E-state index in [4.69, 9.17) is 23.2 Å². The number of nitrogens with one attached hydrogen (secondary N) is 3. The van der Waals surface area contributed by atoms with Gasteiger partial charge >= 0.3 is 0 Å². The van der Waals surface area contributed by atoms with Crippen molar-refractivity contribution in [3.05, 3.63) is 58.1 Å². The van der Waals surface area contributed by atoms with E-state index in [0.29, 0.717) is 33.5 Å². The number of hydrogen-bond donors (Lipinski definition) is 3. The molecule has 5 nitrogen and oxygen atoms in total. The van der Waals surface area contributed by atoms with Gasteiger partial charge < -0.3 is 16.0 Å². The first-order chi connectivity index (χ1) is 12.5. The Morgan fingerprint density at radius 1 is 1.08 bits per heavy atom. The summed E-state index contributed by atoms with van der Waals surface area (Å²) in [5.74, 6) is -0.414. The molecular weight excluding hydrogens is 373 g/mol. The zero-order valence-corrected chi connectivity index (χ0v) is 16.0. The van der Waals surface area contributed by atoms with Gasteiger partial charge in [-0.3, -0.25) is 9.59 Å². The van der Waals surface area contributed by atoms with E-state index >= 15 is 0 Å². The minimum atomic E-state index is -0.260. The second kappa shape index (κ2) is 10.0. The summed E-state index contributed by atoms with van der Waals surface area (Å²) in [5, 5.41) is 9.32. The van der Waals surface area contributed by atoms with Crippen molar-refractivity contribution in [2.75, 3.05) is 23.7 Å². The molecule has 2 aromatic carbocycles. The van der Waals surface area contributed by atoms with Crippen molar-refractivity contribution >= 4 is 46.4 Å². The largest absolute Gasteiger partial charge is 0.375 e. The number of carbonyl (C=O) groups excluding carboxylic acids is 2. The smallest absolute Gasteiger partial charge is 0.251 e. The second-order valence-electron chi connectivity index (χ2n) is 5.69. The van der Waals surface area contributed by atoms with E-state index in [1.54, 1.807) is 42.5 Å². The van der Waals surface area contributed by atoms with Crippen LogP contribution in [0, 0.1) is 0 Å². The Hall–Kier alpha value is -2.24. The highest BCUT2D eigenvalue weighted by atomic mass is 35.5. The molecule has 0 unspecified atom stereocenters. The molecule has 2 aromatic rings. The van der Waals surface area contributed by atoms with Crippen LogP contribution in [0.3, 0.4) is 0 Å².